The number of non-ortho nitro benzene ring substituents is 1. The Morgan fingerprint density at radius 2 is 1.89 bits per heavy atom. The van der Waals surface area contributed by atoms with E-state index in [0.717, 1.165) is 18.7 Å². The van der Waals surface area contributed by atoms with Crippen LogP contribution in [0.15, 0.2) is 54.6 Å². The summed E-state index contributed by atoms with van der Waals surface area (Å²) < 4.78 is 5.38. The Labute approximate surface area is 157 Å². The highest BCUT2D eigenvalue weighted by Crippen LogP contribution is 2.18. The minimum Gasteiger partial charge on any atom is -0.379 e. The van der Waals surface area contributed by atoms with Gasteiger partial charge in [-0.3, -0.25) is 15.0 Å². The van der Waals surface area contributed by atoms with Gasteiger partial charge in [0.05, 0.1) is 24.2 Å². The number of nitrogens with zero attached hydrogens (tertiary/aromatic N) is 2. The zero-order valence-electron chi connectivity index (χ0n) is 14.8. The Morgan fingerprint density at radius 3 is 2.59 bits per heavy atom. The Bertz CT molecular complexity index is 778. The molecule has 0 aliphatic carbocycles. The molecule has 0 saturated carbocycles. The minimum absolute atomic E-state index is 0.0688. The number of amides is 2. The summed E-state index contributed by atoms with van der Waals surface area (Å²) in [5.74, 6) is 0. The van der Waals surface area contributed by atoms with Crippen molar-refractivity contribution in [1.82, 2.24) is 10.2 Å². The molecule has 0 bridgehead atoms. The average Bonchev–Trinajstić information content (AvgIpc) is 2.69. The van der Waals surface area contributed by atoms with Crippen molar-refractivity contribution in [3.8, 4) is 0 Å². The van der Waals surface area contributed by atoms with E-state index in [9.17, 15) is 14.9 Å². The summed E-state index contributed by atoms with van der Waals surface area (Å²) >= 11 is 0. The molecule has 3 rings (SSSR count). The number of benzene rings is 2. The number of carbonyl (C=O) groups is 1. The molecule has 2 aromatic rings. The van der Waals surface area contributed by atoms with Gasteiger partial charge in [0.2, 0.25) is 0 Å². The van der Waals surface area contributed by atoms with E-state index >= 15 is 0 Å². The fourth-order valence-electron chi connectivity index (χ4n) is 2.98. The molecule has 1 saturated heterocycles. The standard InChI is InChI=1S/C19H22N4O4/c24-19(20-16-7-4-8-17(13-16)23(25)26)21-18(15-5-2-1-3-6-15)14-22-9-11-27-12-10-22/h1-8,13,18H,9-12,14H2,(H2,20,21,24)/t18-/m1/s1. The lowest BCUT2D eigenvalue weighted by Crippen LogP contribution is -2.44. The van der Waals surface area contributed by atoms with Crippen LogP contribution >= 0.6 is 0 Å². The van der Waals surface area contributed by atoms with Crippen LogP contribution < -0.4 is 10.6 Å². The molecule has 1 aliphatic heterocycles. The van der Waals surface area contributed by atoms with Crippen LogP contribution in [0.3, 0.4) is 0 Å². The summed E-state index contributed by atoms with van der Waals surface area (Å²) in [6.07, 6.45) is 0. The van der Waals surface area contributed by atoms with Gasteiger partial charge in [-0.1, -0.05) is 36.4 Å². The van der Waals surface area contributed by atoms with Crippen LogP contribution in [0.1, 0.15) is 11.6 Å². The summed E-state index contributed by atoms with van der Waals surface area (Å²) in [6.45, 7) is 3.66. The molecule has 2 aromatic carbocycles. The highest BCUT2D eigenvalue weighted by atomic mass is 16.6. The number of hydrogen-bond donors (Lipinski definition) is 2. The zero-order chi connectivity index (χ0) is 19.1. The van der Waals surface area contributed by atoms with E-state index in [-0.39, 0.29) is 11.7 Å². The fourth-order valence-corrected chi connectivity index (χ4v) is 2.98. The Balaban J connectivity index is 1.68. The minimum atomic E-state index is -0.492. The normalized spacial score (nSPS) is 15.7. The van der Waals surface area contributed by atoms with Crippen LogP contribution in [0, 0.1) is 10.1 Å². The van der Waals surface area contributed by atoms with Gasteiger partial charge in [0.15, 0.2) is 0 Å². The van der Waals surface area contributed by atoms with Gasteiger partial charge in [0.1, 0.15) is 0 Å². The lowest BCUT2D eigenvalue weighted by molar-refractivity contribution is -0.384. The molecule has 0 aromatic heterocycles. The van der Waals surface area contributed by atoms with Crippen LogP contribution in [0.25, 0.3) is 0 Å². The van der Waals surface area contributed by atoms with Crippen molar-refractivity contribution in [2.75, 3.05) is 38.2 Å². The molecule has 1 atom stereocenters. The Kier molecular flexibility index (Phi) is 6.35. The van der Waals surface area contributed by atoms with Gasteiger partial charge < -0.3 is 15.4 Å². The molecule has 2 N–H and O–H groups in total. The summed E-state index contributed by atoms with van der Waals surface area (Å²) in [5.41, 5.74) is 1.30. The van der Waals surface area contributed by atoms with E-state index in [1.807, 2.05) is 30.3 Å². The van der Waals surface area contributed by atoms with Crippen molar-refractivity contribution < 1.29 is 14.5 Å². The third-order valence-electron chi connectivity index (χ3n) is 4.37. The molecule has 0 spiro atoms. The lowest BCUT2D eigenvalue weighted by atomic mass is 10.1. The van der Waals surface area contributed by atoms with Gasteiger partial charge in [0, 0.05) is 37.5 Å². The Morgan fingerprint density at radius 1 is 1.15 bits per heavy atom. The predicted octanol–water partition coefficient (Wildman–Crippen LogP) is 2.79. The number of nitro benzene ring substituents is 1. The fraction of sp³-hybridized carbons (Fsp3) is 0.316. The smallest absolute Gasteiger partial charge is 0.319 e. The van der Waals surface area contributed by atoms with Gasteiger partial charge in [-0.25, -0.2) is 4.79 Å². The molecule has 8 heteroatoms. The number of hydrogen-bond acceptors (Lipinski definition) is 5. The van der Waals surface area contributed by atoms with Gasteiger partial charge in [-0.05, 0) is 11.6 Å². The monoisotopic (exact) mass is 370 g/mol. The van der Waals surface area contributed by atoms with Crippen molar-refractivity contribution in [2.45, 2.75) is 6.04 Å². The number of nitrogens with one attached hydrogen (secondary N) is 2. The number of rotatable bonds is 6. The van der Waals surface area contributed by atoms with E-state index < -0.39 is 11.0 Å². The number of urea groups is 1. The third-order valence-corrected chi connectivity index (χ3v) is 4.37. The van der Waals surface area contributed by atoms with Crippen molar-refractivity contribution in [3.05, 3.63) is 70.3 Å². The second-order valence-electron chi connectivity index (χ2n) is 6.28. The molecule has 0 radical (unpaired) electrons. The predicted molar refractivity (Wildman–Crippen MR) is 102 cm³/mol. The number of nitro groups is 1. The second-order valence-corrected chi connectivity index (χ2v) is 6.28. The van der Waals surface area contributed by atoms with Crippen molar-refractivity contribution >= 4 is 17.4 Å². The van der Waals surface area contributed by atoms with E-state index in [0.29, 0.717) is 25.4 Å². The van der Waals surface area contributed by atoms with Crippen LogP contribution in [0.5, 0.6) is 0 Å². The molecule has 1 aliphatic rings. The van der Waals surface area contributed by atoms with E-state index in [4.69, 9.17) is 4.74 Å². The van der Waals surface area contributed by atoms with Crippen molar-refractivity contribution in [2.24, 2.45) is 0 Å². The van der Waals surface area contributed by atoms with Crippen LogP contribution in [-0.2, 0) is 4.74 Å². The first-order chi connectivity index (χ1) is 13.1. The summed E-state index contributed by atoms with van der Waals surface area (Å²) in [6, 6.07) is 15.0. The summed E-state index contributed by atoms with van der Waals surface area (Å²) in [5, 5.41) is 16.5. The number of carbonyl (C=O) groups excluding carboxylic acids is 1. The quantitative estimate of drug-likeness (QED) is 0.602. The van der Waals surface area contributed by atoms with Crippen LogP contribution in [0.2, 0.25) is 0 Å². The van der Waals surface area contributed by atoms with Crippen molar-refractivity contribution in [1.29, 1.82) is 0 Å². The van der Waals surface area contributed by atoms with E-state index in [1.54, 1.807) is 6.07 Å². The first-order valence-corrected chi connectivity index (χ1v) is 8.79. The molecule has 8 nitrogen and oxygen atoms in total. The number of morpholine rings is 1. The molecule has 27 heavy (non-hydrogen) atoms. The van der Waals surface area contributed by atoms with Gasteiger partial charge in [0.25, 0.3) is 5.69 Å². The maximum absolute atomic E-state index is 12.5. The first-order valence-electron chi connectivity index (χ1n) is 8.79. The highest BCUT2D eigenvalue weighted by molar-refractivity contribution is 5.89. The Hall–Kier alpha value is -2.97. The number of ether oxygens (including phenoxy) is 1. The molecule has 142 valence electrons. The highest BCUT2D eigenvalue weighted by Gasteiger charge is 2.20. The molecule has 1 heterocycles. The maximum Gasteiger partial charge on any atom is 0.319 e. The van der Waals surface area contributed by atoms with Crippen molar-refractivity contribution in [3.63, 3.8) is 0 Å². The first kappa shape index (κ1) is 18.8. The van der Waals surface area contributed by atoms with Crippen LogP contribution in [-0.4, -0.2) is 48.7 Å². The zero-order valence-corrected chi connectivity index (χ0v) is 14.8. The van der Waals surface area contributed by atoms with Gasteiger partial charge in [-0.15, -0.1) is 0 Å². The maximum atomic E-state index is 12.5. The topological polar surface area (TPSA) is 96.7 Å². The van der Waals surface area contributed by atoms with Crippen LogP contribution in [0.4, 0.5) is 16.2 Å². The van der Waals surface area contributed by atoms with Gasteiger partial charge >= 0.3 is 6.03 Å². The molecular formula is C19H22N4O4. The summed E-state index contributed by atoms with van der Waals surface area (Å²) in [4.78, 5) is 25.1. The lowest BCUT2D eigenvalue weighted by Gasteiger charge is -2.31. The molecule has 0 unspecified atom stereocenters. The third kappa shape index (κ3) is 5.50. The molecule has 2 amide bonds. The van der Waals surface area contributed by atoms with E-state index in [2.05, 4.69) is 15.5 Å². The molecule has 1 fully saturated rings. The largest absolute Gasteiger partial charge is 0.379 e. The average molecular weight is 370 g/mol. The second kappa shape index (κ2) is 9.11. The SMILES string of the molecule is O=C(Nc1cccc([N+](=O)[O-])c1)N[C@H](CN1CCOCC1)c1ccccc1. The summed E-state index contributed by atoms with van der Waals surface area (Å²) in [7, 11) is 0. The molecular weight excluding hydrogens is 348 g/mol. The van der Waals surface area contributed by atoms with Gasteiger partial charge in [-0.2, -0.15) is 0 Å². The number of anilines is 1. The van der Waals surface area contributed by atoms with E-state index in [1.165, 1.54) is 18.2 Å².